The first kappa shape index (κ1) is 13.8. The Bertz CT molecular complexity index is 552. The summed E-state index contributed by atoms with van der Waals surface area (Å²) in [6.07, 6.45) is 0.987. The quantitative estimate of drug-likeness (QED) is 0.613. The first-order valence-corrected chi connectivity index (χ1v) is 7.51. The summed E-state index contributed by atoms with van der Waals surface area (Å²) in [5, 5.41) is 0. The average Bonchev–Trinajstić information content (AvgIpc) is 2.41. The molecule has 0 spiro atoms. The average molecular weight is 372 g/mol. The molecule has 1 unspecified atom stereocenters. The van der Waals surface area contributed by atoms with Crippen LogP contribution in [0.5, 0.6) is 0 Å². The maximum Gasteiger partial charge on any atom is 0.137 e. The van der Waals surface area contributed by atoms with Crippen LogP contribution in [0.4, 0.5) is 4.39 Å². The fourth-order valence-corrected chi connectivity index (χ4v) is 3.08. The minimum atomic E-state index is -0.234. The van der Waals surface area contributed by atoms with E-state index < -0.39 is 0 Å². The lowest BCUT2D eigenvalue weighted by atomic mass is 9.98. The lowest BCUT2D eigenvalue weighted by Gasteiger charge is -2.15. The Morgan fingerprint density at radius 2 is 1.89 bits per heavy atom. The molecule has 0 fully saturated rings. The summed E-state index contributed by atoms with van der Waals surface area (Å²) in [7, 11) is 0. The van der Waals surface area contributed by atoms with Gasteiger partial charge in [-0.25, -0.2) is 4.39 Å². The van der Waals surface area contributed by atoms with Crippen LogP contribution in [0.2, 0.25) is 0 Å². The van der Waals surface area contributed by atoms with Crippen molar-refractivity contribution in [2.45, 2.75) is 18.2 Å². The molecule has 18 heavy (non-hydrogen) atoms. The van der Waals surface area contributed by atoms with Gasteiger partial charge in [0.05, 0.1) is 9.30 Å². The van der Waals surface area contributed by atoms with E-state index in [-0.39, 0.29) is 10.6 Å². The van der Waals surface area contributed by atoms with Crippen molar-refractivity contribution in [3.05, 3.63) is 69.4 Å². The van der Waals surface area contributed by atoms with Gasteiger partial charge in [-0.2, -0.15) is 0 Å². The molecule has 2 aromatic carbocycles. The molecule has 1 atom stereocenters. The van der Waals surface area contributed by atoms with Crippen LogP contribution in [0.25, 0.3) is 0 Å². The Kier molecular flexibility index (Phi) is 4.57. The number of rotatable bonds is 3. The van der Waals surface area contributed by atoms with Crippen molar-refractivity contribution in [2.75, 3.05) is 0 Å². The minimum Gasteiger partial charge on any atom is -0.206 e. The van der Waals surface area contributed by atoms with E-state index in [1.54, 1.807) is 0 Å². The van der Waals surface area contributed by atoms with Crippen molar-refractivity contribution in [2.24, 2.45) is 0 Å². The van der Waals surface area contributed by atoms with Gasteiger partial charge in [0.15, 0.2) is 0 Å². The highest BCUT2D eigenvalue weighted by molar-refractivity contribution is 9.10. The van der Waals surface area contributed by atoms with E-state index in [9.17, 15) is 4.39 Å². The molecule has 0 aromatic heterocycles. The summed E-state index contributed by atoms with van der Waals surface area (Å²) in [4.78, 5) is 0.0885. The van der Waals surface area contributed by atoms with E-state index in [1.807, 2.05) is 24.3 Å². The summed E-state index contributed by atoms with van der Waals surface area (Å²) >= 11 is 6.93. The molecule has 0 amide bonds. The third kappa shape index (κ3) is 2.83. The molecular formula is C15H13Br2F. The second-order valence-electron chi connectivity index (χ2n) is 4.09. The molecule has 0 heterocycles. The molecule has 2 rings (SSSR count). The summed E-state index contributed by atoms with van der Waals surface area (Å²) in [5.74, 6) is -0.234. The van der Waals surface area contributed by atoms with Crippen molar-refractivity contribution < 1.29 is 4.39 Å². The molecule has 3 heteroatoms. The van der Waals surface area contributed by atoms with Crippen LogP contribution >= 0.6 is 31.9 Å². The van der Waals surface area contributed by atoms with Crippen molar-refractivity contribution in [3.8, 4) is 0 Å². The first-order valence-electron chi connectivity index (χ1n) is 5.80. The van der Waals surface area contributed by atoms with Gasteiger partial charge >= 0.3 is 0 Å². The highest BCUT2D eigenvalue weighted by atomic mass is 79.9. The molecule has 0 saturated heterocycles. The molecule has 0 N–H and O–H groups in total. The first-order chi connectivity index (χ1) is 8.63. The predicted molar refractivity (Wildman–Crippen MR) is 80.7 cm³/mol. The lowest BCUT2D eigenvalue weighted by Crippen LogP contribution is -1.98. The number of benzene rings is 2. The van der Waals surface area contributed by atoms with E-state index in [1.165, 1.54) is 17.2 Å². The van der Waals surface area contributed by atoms with Crippen LogP contribution < -0.4 is 0 Å². The zero-order valence-corrected chi connectivity index (χ0v) is 13.1. The fourth-order valence-electron chi connectivity index (χ4n) is 1.95. The Morgan fingerprint density at radius 1 is 1.17 bits per heavy atom. The van der Waals surface area contributed by atoms with Crippen LogP contribution in [0.3, 0.4) is 0 Å². The molecule has 94 valence electrons. The smallest absolute Gasteiger partial charge is 0.137 e. The maximum absolute atomic E-state index is 13.2. The fraction of sp³-hybridized carbons (Fsp3) is 0.200. The van der Waals surface area contributed by atoms with Crippen LogP contribution in [0.15, 0.2) is 46.9 Å². The molecule has 0 radical (unpaired) electrons. The molecule has 0 saturated carbocycles. The van der Waals surface area contributed by atoms with Gasteiger partial charge in [-0.15, -0.1) is 0 Å². The normalized spacial score (nSPS) is 12.4. The maximum atomic E-state index is 13.2. The highest BCUT2D eigenvalue weighted by Crippen LogP contribution is 2.34. The number of hydrogen-bond acceptors (Lipinski definition) is 0. The molecule has 0 bridgehead atoms. The van der Waals surface area contributed by atoms with Crippen LogP contribution in [-0.4, -0.2) is 0 Å². The van der Waals surface area contributed by atoms with Gasteiger partial charge in [-0.3, -0.25) is 0 Å². The van der Waals surface area contributed by atoms with Gasteiger partial charge < -0.3 is 0 Å². The van der Waals surface area contributed by atoms with Crippen LogP contribution in [-0.2, 0) is 6.42 Å². The molecule has 0 nitrogen and oxygen atoms in total. The molecule has 0 aliphatic carbocycles. The number of alkyl halides is 1. The number of aryl methyl sites for hydroxylation is 1. The van der Waals surface area contributed by atoms with Crippen molar-refractivity contribution in [1.29, 1.82) is 0 Å². The molecule has 2 aromatic rings. The summed E-state index contributed by atoms with van der Waals surface area (Å²) < 4.78 is 13.7. The van der Waals surface area contributed by atoms with Crippen molar-refractivity contribution in [1.82, 2.24) is 0 Å². The zero-order chi connectivity index (χ0) is 13.1. The van der Waals surface area contributed by atoms with E-state index in [0.29, 0.717) is 4.47 Å². The summed E-state index contributed by atoms with van der Waals surface area (Å²) in [5.41, 5.74) is 3.59. The van der Waals surface area contributed by atoms with E-state index in [4.69, 9.17) is 0 Å². The van der Waals surface area contributed by atoms with Gasteiger partial charge in [-0.05, 0) is 51.2 Å². The Morgan fingerprint density at radius 3 is 2.56 bits per heavy atom. The Hall–Kier alpha value is -0.670. The largest absolute Gasteiger partial charge is 0.206 e. The van der Waals surface area contributed by atoms with Gasteiger partial charge in [0, 0.05) is 0 Å². The molecule has 0 aliphatic rings. The molecule has 0 aliphatic heterocycles. The van der Waals surface area contributed by atoms with Crippen LogP contribution in [0, 0.1) is 5.82 Å². The van der Waals surface area contributed by atoms with E-state index in [2.05, 4.69) is 50.9 Å². The lowest BCUT2D eigenvalue weighted by molar-refractivity contribution is 0.620. The zero-order valence-electron chi connectivity index (χ0n) is 9.96. The van der Waals surface area contributed by atoms with Gasteiger partial charge in [0.25, 0.3) is 0 Å². The van der Waals surface area contributed by atoms with Gasteiger partial charge in [-0.1, -0.05) is 53.2 Å². The van der Waals surface area contributed by atoms with Gasteiger partial charge in [0.1, 0.15) is 5.82 Å². The SMILES string of the molecule is CCc1ccccc1C(Br)c1ccc(F)c(Br)c1. The summed E-state index contributed by atoms with van der Waals surface area (Å²) in [6.45, 7) is 2.14. The van der Waals surface area contributed by atoms with E-state index in [0.717, 1.165) is 12.0 Å². The topological polar surface area (TPSA) is 0 Å². The monoisotopic (exact) mass is 370 g/mol. The second-order valence-corrected chi connectivity index (χ2v) is 5.86. The number of hydrogen-bond donors (Lipinski definition) is 0. The molecular weight excluding hydrogens is 359 g/mol. The standard InChI is InChI=1S/C15H13Br2F/c1-2-10-5-3-4-6-12(10)15(17)11-7-8-14(18)13(16)9-11/h3-9,15H,2H2,1H3. The predicted octanol–water partition coefficient (Wildman–Crippen LogP) is 5.63. The third-order valence-electron chi connectivity index (χ3n) is 2.95. The van der Waals surface area contributed by atoms with Crippen molar-refractivity contribution in [3.63, 3.8) is 0 Å². The van der Waals surface area contributed by atoms with Crippen molar-refractivity contribution >= 4 is 31.9 Å². The minimum absolute atomic E-state index is 0.0885. The highest BCUT2D eigenvalue weighted by Gasteiger charge is 2.14. The number of halogens is 3. The second kappa shape index (κ2) is 5.98. The van der Waals surface area contributed by atoms with Gasteiger partial charge in [0.2, 0.25) is 0 Å². The Labute approximate surface area is 123 Å². The summed E-state index contributed by atoms with van der Waals surface area (Å²) in [6, 6.07) is 13.4. The van der Waals surface area contributed by atoms with E-state index >= 15 is 0 Å². The van der Waals surface area contributed by atoms with Crippen LogP contribution in [0.1, 0.15) is 28.4 Å². The Balaban J connectivity index is 2.41. The third-order valence-corrected chi connectivity index (χ3v) is 4.57.